The predicted octanol–water partition coefficient (Wildman–Crippen LogP) is 3.35. The van der Waals surface area contributed by atoms with Crippen molar-refractivity contribution in [1.29, 1.82) is 5.26 Å². The summed E-state index contributed by atoms with van der Waals surface area (Å²) < 4.78 is 0. The maximum atomic E-state index is 13.6. The maximum Gasteiger partial charge on any atom is 0.249 e. The molecule has 1 amide bonds. The Labute approximate surface area is 201 Å². The highest BCUT2D eigenvalue weighted by molar-refractivity contribution is 8.12. The Morgan fingerprint density at radius 3 is 2.50 bits per heavy atom. The van der Waals surface area contributed by atoms with Gasteiger partial charge in [0.2, 0.25) is 5.91 Å². The number of nitrogens with two attached hydrogens (primary N) is 1. The smallest absolute Gasteiger partial charge is 0.249 e. The number of nitrogens with one attached hydrogen (secondary N) is 3. The fourth-order valence-corrected chi connectivity index (χ4v) is 5.43. The SMILES string of the molecule is N#CC(C(=O)Nc1ccccc1)C(=O)C1NNC2=C3CC(N)=CC=C3SC(c3ccccc3)=C21. The van der Waals surface area contributed by atoms with Gasteiger partial charge in [-0.3, -0.25) is 9.59 Å². The number of nitrogens with zero attached hydrogens (tertiary/aromatic N) is 1. The number of allylic oxidation sites excluding steroid dienone is 4. The molecular weight excluding hydrogens is 446 g/mol. The van der Waals surface area contributed by atoms with Gasteiger partial charge in [-0.05, 0) is 35.4 Å². The third kappa shape index (κ3) is 3.92. The molecule has 2 unspecified atom stereocenters. The minimum Gasteiger partial charge on any atom is -0.402 e. The van der Waals surface area contributed by atoms with E-state index in [0.717, 1.165) is 37.9 Å². The van der Waals surface area contributed by atoms with Gasteiger partial charge in [-0.15, -0.1) is 0 Å². The van der Waals surface area contributed by atoms with E-state index in [4.69, 9.17) is 5.73 Å². The molecule has 168 valence electrons. The van der Waals surface area contributed by atoms with Crippen LogP contribution in [0.4, 0.5) is 5.69 Å². The van der Waals surface area contributed by atoms with E-state index in [9.17, 15) is 14.9 Å². The topological polar surface area (TPSA) is 120 Å². The lowest BCUT2D eigenvalue weighted by Crippen LogP contribution is -2.43. The quantitative estimate of drug-likeness (QED) is 0.498. The van der Waals surface area contributed by atoms with Crippen molar-refractivity contribution in [2.75, 3.05) is 5.32 Å². The van der Waals surface area contributed by atoms with Gasteiger partial charge in [-0.2, -0.15) is 5.26 Å². The van der Waals surface area contributed by atoms with Gasteiger partial charge in [-0.25, -0.2) is 5.43 Å². The van der Waals surface area contributed by atoms with E-state index >= 15 is 0 Å². The standard InChI is InChI=1S/C26H21N5O2S/c27-14-19(26(33)29-17-9-5-2-6-10-17)24(32)23-21-22(30-31-23)18-13-16(28)11-12-20(18)34-25(21)15-7-3-1-4-8-15/h1-12,19,23,30-31H,13,28H2,(H,29,33). The second-order valence-electron chi connectivity index (χ2n) is 8.04. The van der Waals surface area contributed by atoms with Crippen LogP contribution in [0.15, 0.2) is 100 Å². The number of benzene rings is 2. The third-order valence-electron chi connectivity index (χ3n) is 5.82. The van der Waals surface area contributed by atoms with E-state index < -0.39 is 23.7 Å². The molecule has 2 heterocycles. The molecule has 34 heavy (non-hydrogen) atoms. The highest BCUT2D eigenvalue weighted by Gasteiger charge is 2.43. The molecule has 8 heteroatoms. The zero-order valence-electron chi connectivity index (χ0n) is 18.0. The van der Waals surface area contributed by atoms with E-state index in [2.05, 4.69) is 16.2 Å². The van der Waals surface area contributed by atoms with Crippen LogP contribution < -0.4 is 21.9 Å². The number of fused-ring (bicyclic) bond motifs is 2. The van der Waals surface area contributed by atoms with E-state index in [0.29, 0.717) is 12.1 Å². The van der Waals surface area contributed by atoms with Gasteiger partial charge in [-0.1, -0.05) is 60.3 Å². The monoisotopic (exact) mass is 467 g/mol. The molecule has 2 aromatic carbocycles. The summed E-state index contributed by atoms with van der Waals surface area (Å²) >= 11 is 1.57. The molecule has 5 N–H and O–H groups in total. The summed E-state index contributed by atoms with van der Waals surface area (Å²) in [7, 11) is 0. The first-order valence-corrected chi connectivity index (χ1v) is 11.6. The number of carbonyl (C=O) groups excluding carboxylic acids is 2. The molecule has 2 aliphatic heterocycles. The van der Waals surface area contributed by atoms with Crippen molar-refractivity contribution in [2.24, 2.45) is 11.7 Å². The summed E-state index contributed by atoms with van der Waals surface area (Å²) in [6.07, 6.45) is 4.42. The first-order chi connectivity index (χ1) is 16.6. The first-order valence-electron chi connectivity index (χ1n) is 10.7. The number of thioether (sulfide) groups is 1. The van der Waals surface area contributed by atoms with Crippen molar-refractivity contribution < 1.29 is 9.59 Å². The largest absolute Gasteiger partial charge is 0.402 e. The van der Waals surface area contributed by atoms with Crippen LogP contribution in [0.5, 0.6) is 0 Å². The number of rotatable bonds is 5. The highest BCUT2D eigenvalue weighted by Crippen LogP contribution is 2.50. The van der Waals surface area contributed by atoms with Crippen LogP contribution in [-0.2, 0) is 9.59 Å². The number of carbonyl (C=O) groups is 2. The molecule has 0 aromatic heterocycles. The Morgan fingerprint density at radius 1 is 1.09 bits per heavy atom. The van der Waals surface area contributed by atoms with Gasteiger partial charge in [0.1, 0.15) is 6.04 Å². The summed E-state index contributed by atoms with van der Waals surface area (Å²) in [5.74, 6) is -2.65. The highest BCUT2D eigenvalue weighted by atomic mass is 32.2. The molecule has 0 radical (unpaired) electrons. The Morgan fingerprint density at radius 2 is 1.79 bits per heavy atom. The predicted molar refractivity (Wildman–Crippen MR) is 132 cm³/mol. The summed E-state index contributed by atoms with van der Waals surface area (Å²) in [4.78, 5) is 28.4. The molecular formula is C26H21N5O2S. The summed E-state index contributed by atoms with van der Waals surface area (Å²) in [5.41, 5.74) is 17.0. The van der Waals surface area contributed by atoms with Crippen molar-refractivity contribution >= 4 is 34.0 Å². The molecule has 3 aliphatic rings. The van der Waals surface area contributed by atoms with Gasteiger partial charge in [0.25, 0.3) is 0 Å². The average molecular weight is 468 g/mol. The molecule has 0 spiro atoms. The lowest BCUT2D eigenvalue weighted by Gasteiger charge is -2.27. The molecule has 2 atom stereocenters. The molecule has 0 saturated carbocycles. The van der Waals surface area contributed by atoms with Crippen molar-refractivity contribution in [1.82, 2.24) is 10.9 Å². The van der Waals surface area contributed by atoms with Crippen LogP contribution >= 0.6 is 11.8 Å². The van der Waals surface area contributed by atoms with E-state index in [1.54, 1.807) is 36.0 Å². The van der Waals surface area contributed by atoms with Gasteiger partial charge in [0.15, 0.2) is 11.7 Å². The zero-order valence-corrected chi connectivity index (χ0v) is 18.9. The molecule has 7 nitrogen and oxygen atoms in total. The van der Waals surface area contributed by atoms with Crippen molar-refractivity contribution in [3.63, 3.8) is 0 Å². The number of ketones is 1. The fraction of sp³-hybridized carbons (Fsp3) is 0.115. The molecule has 1 saturated heterocycles. The Balaban J connectivity index is 1.53. The summed E-state index contributed by atoms with van der Waals surface area (Å²) in [6.45, 7) is 0. The normalized spacial score (nSPS) is 19.7. The van der Waals surface area contributed by atoms with E-state index in [1.807, 2.05) is 54.6 Å². The van der Waals surface area contributed by atoms with Crippen molar-refractivity contribution in [2.45, 2.75) is 12.5 Å². The number of para-hydroxylation sites is 1. The lowest BCUT2D eigenvalue weighted by atomic mass is 9.89. The molecule has 0 bridgehead atoms. The van der Waals surface area contributed by atoms with Crippen LogP contribution in [-0.4, -0.2) is 17.7 Å². The number of hydrazine groups is 1. The molecule has 1 aliphatic carbocycles. The summed E-state index contributed by atoms with van der Waals surface area (Å²) in [6, 6.07) is 19.6. The minimum absolute atomic E-state index is 0.519. The number of hydrogen-bond donors (Lipinski definition) is 4. The van der Waals surface area contributed by atoms with Crippen LogP contribution in [0, 0.1) is 17.2 Å². The van der Waals surface area contributed by atoms with E-state index in [-0.39, 0.29) is 0 Å². The van der Waals surface area contributed by atoms with Crippen LogP contribution in [0.2, 0.25) is 0 Å². The maximum absolute atomic E-state index is 13.6. The zero-order chi connectivity index (χ0) is 23.7. The molecule has 1 fully saturated rings. The van der Waals surface area contributed by atoms with Gasteiger partial charge in [0.05, 0.1) is 11.8 Å². The minimum atomic E-state index is -1.48. The molecule has 2 aromatic rings. The van der Waals surface area contributed by atoms with Crippen LogP contribution in [0.1, 0.15) is 12.0 Å². The second kappa shape index (κ2) is 9.06. The van der Waals surface area contributed by atoms with Crippen molar-refractivity contribution in [3.05, 3.63) is 106 Å². The number of Topliss-reactive ketones (excluding diaryl/α,β-unsaturated/α-hetero) is 1. The Kier molecular flexibility index (Phi) is 5.80. The van der Waals surface area contributed by atoms with Gasteiger partial charge >= 0.3 is 0 Å². The number of hydrogen-bond acceptors (Lipinski definition) is 7. The Bertz CT molecular complexity index is 1340. The molecule has 5 rings (SSSR count). The van der Waals surface area contributed by atoms with Gasteiger partial charge in [0, 0.05) is 33.2 Å². The van der Waals surface area contributed by atoms with Gasteiger partial charge < -0.3 is 16.5 Å². The van der Waals surface area contributed by atoms with Crippen LogP contribution in [0.3, 0.4) is 0 Å². The Hall–Kier alpha value is -4.06. The van der Waals surface area contributed by atoms with E-state index in [1.165, 1.54) is 0 Å². The van der Waals surface area contributed by atoms with Crippen LogP contribution in [0.25, 0.3) is 4.91 Å². The second-order valence-corrected chi connectivity index (χ2v) is 9.09. The number of anilines is 1. The third-order valence-corrected chi connectivity index (χ3v) is 7.08. The fourth-order valence-electron chi connectivity index (χ4n) is 4.19. The average Bonchev–Trinajstić information content (AvgIpc) is 3.31. The number of amides is 1. The first kappa shape index (κ1) is 21.8. The number of nitriles is 1. The summed E-state index contributed by atoms with van der Waals surface area (Å²) in [5, 5.41) is 12.4. The lowest BCUT2D eigenvalue weighted by molar-refractivity contribution is -0.129. The van der Waals surface area contributed by atoms with Crippen molar-refractivity contribution in [3.8, 4) is 6.07 Å².